The average Bonchev–Trinajstić information content (AvgIpc) is 3.32. The molecular formula is C17H16N2O5S3. The smallest absolute Gasteiger partial charge is 0.266 e. The first-order valence-corrected chi connectivity index (χ1v) is 10.6. The van der Waals surface area contributed by atoms with Gasteiger partial charge in [0.05, 0.1) is 17.1 Å². The number of benzene rings is 1. The van der Waals surface area contributed by atoms with E-state index in [0.29, 0.717) is 32.2 Å². The molecule has 7 nitrogen and oxygen atoms in total. The van der Waals surface area contributed by atoms with E-state index < -0.39 is 6.10 Å². The maximum absolute atomic E-state index is 12.7. The fourth-order valence-corrected chi connectivity index (χ4v) is 5.29. The molecular weight excluding hydrogens is 408 g/mol. The van der Waals surface area contributed by atoms with Crippen molar-refractivity contribution in [3.8, 4) is 11.5 Å². The van der Waals surface area contributed by atoms with Crippen LogP contribution < -0.4 is 14.8 Å². The number of carbonyl (C=O) groups excluding carboxylic acids is 2. The number of carbonyl (C=O) groups is 2. The normalized spacial score (nSPS) is 25.5. The molecule has 2 saturated heterocycles. The summed E-state index contributed by atoms with van der Waals surface area (Å²) in [5.41, 5.74) is 0.787. The molecule has 1 aromatic carbocycles. The minimum absolute atomic E-state index is 0.156. The molecule has 4 rings (SSSR count). The highest BCUT2D eigenvalue weighted by atomic mass is 32.2. The quantitative estimate of drug-likeness (QED) is 0.551. The largest absolute Gasteiger partial charge is 0.454 e. The number of ether oxygens (including phenoxy) is 2. The Kier molecular flexibility index (Phi) is 5.31. The average molecular weight is 425 g/mol. The summed E-state index contributed by atoms with van der Waals surface area (Å²) in [6, 6.07) is 5.12. The van der Waals surface area contributed by atoms with Gasteiger partial charge >= 0.3 is 0 Å². The molecule has 0 aromatic heterocycles. The molecule has 3 aliphatic rings. The van der Waals surface area contributed by atoms with Crippen LogP contribution in [0.15, 0.2) is 23.1 Å². The fourth-order valence-electron chi connectivity index (χ4n) is 2.87. The number of aliphatic hydroxyl groups is 1. The van der Waals surface area contributed by atoms with Crippen molar-refractivity contribution in [2.45, 2.75) is 12.1 Å². The number of thiocarbonyl (C=S) groups is 1. The van der Waals surface area contributed by atoms with Crippen LogP contribution in [0.2, 0.25) is 0 Å². The topological polar surface area (TPSA) is 88.1 Å². The van der Waals surface area contributed by atoms with Crippen LogP contribution in [-0.2, 0) is 9.59 Å². The zero-order valence-corrected chi connectivity index (χ0v) is 16.5. The number of rotatable bonds is 4. The second-order valence-electron chi connectivity index (χ2n) is 6.16. The second kappa shape index (κ2) is 7.70. The molecule has 2 atom stereocenters. The molecule has 3 heterocycles. The van der Waals surface area contributed by atoms with Crippen molar-refractivity contribution in [3.63, 3.8) is 0 Å². The van der Waals surface area contributed by atoms with Gasteiger partial charge in [0.15, 0.2) is 11.5 Å². The standard InChI is InChI=1S/C17H16N2O5S3/c20-11-7-26-6-10(11)18-15(21)5-19-16(22)14(27-17(19)25)4-9-1-2-12-13(3-9)24-8-23-12/h1-4,10-11,20H,5-8H2,(H,18,21). The Morgan fingerprint density at radius 2 is 2.19 bits per heavy atom. The van der Waals surface area contributed by atoms with Gasteiger partial charge in [0.2, 0.25) is 12.7 Å². The van der Waals surface area contributed by atoms with Gasteiger partial charge in [0, 0.05) is 11.5 Å². The molecule has 27 heavy (non-hydrogen) atoms. The number of hydrogen-bond acceptors (Lipinski definition) is 8. The van der Waals surface area contributed by atoms with E-state index in [1.165, 1.54) is 4.90 Å². The first kappa shape index (κ1) is 18.6. The Labute approximate surface area is 169 Å². The molecule has 0 bridgehead atoms. The van der Waals surface area contributed by atoms with Crippen LogP contribution in [0.4, 0.5) is 0 Å². The van der Waals surface area contributed by atoms with Crippen molar-refractivity contribution in [3.05, 3.63) is 28.7 Å². The van der Waals surface area contributed by atoms with Crippen molar-refractivity contribution < 1.29 is 24.2 Å². The molecule has 1 aromatic rings. The molecule has 0 spiro atoms. The van der Waals surface area contributed by atoms with Gasteiger partial charge in [-0.15, -0.1) is 0 Å². The van der Waals surface area contributed by atoms with Gasteiger partial charge in [-0.25, -0.2) is 0 Å². The Bertz CT molecular complexity index is 844. The summed E-state index contributed by atoms with van der Waals surface area (Å²) in [6.07, 6.45) is 1.16. The number of nitrogens with zero attached hydrogens (tertiary/aromatic N) is 1. The monoisotopic (exact) mass is 424 g/mol. The van der Waals surface area contributed by atoms with E-state index in [4.69, 9.17) is 21.7 Å². The zero-order chi connectivity index (χ0) is 19.0. The minimum atomic E-state index is -0.559. The van der Waals surface area contributed by atoms with E-state index in [0.717, 1.165) is 17.3 Å². The van der Waals surface area contributed by atoms with Gasteiger partial charge in [0.1, 0.15) is 10.9 Å². The van der Waals surface area contributed by atoms with E-state index in [2.05, 4.69) is 5.32 Å². The number of hydrogen-bond donors (Lipinski definition) is 2. The predicted molar refractivity (Wildman–Crippen MR) is 108 cm³/mol. The lowest BCUT2D eigenvalue weighted by molar-refractivity contribution is -0.129. The summed E-state index contributed by atoms with van der Waals surface area (Å²) >= 11 is 8.00. The van der Waals surface area contributed by atoms with Gasteiger partial charge in [-0.05, 0) is 23.8 Å². The van der Waals surface area contributed by atoms with Gasteiger partial charge < -0.3 is 19.9 Å². The summed E-state index contributed by atoms with van der Waals surface area (Å²) in [5.74, 6) is 1.93. The maximum Gasteiger partial charge on any atom is 0.266 e. The van der Waals surface area contributed by atoms with E-state index in [1.807, 2.05) is 6.07 Å². The summed E-state index contributed by atoms with van der Waals surface area (Å²) < 4.78 is 11.0. The lowest BCUT2D eigenvalue weighted by Gasteiger charge is -2.18. The summed E-state index contributed by atoms with van der Waals surface area (Å²) in [7, 11) is 0. The molecule has 142 valence electrons. The Balaban J connectivity index is 1.43. The Hall–Kier alpha value is -1.75. The van der Waals surface area contributed by atoms with E-state index in [-0.39, 0.29) is 31.2 Å². The molecule has 2 amide bonds. The van der Waals surface area contributed by atoms with E-state index >= 15 is 0 Å². The van der Waals surface area contributed by atoms with Crippen molar-refractivity contribution in [1.82, 2.24) is 10.2 Å². The summed E-state index contributed by atoms with van der Waals surface area (Å²) in [5, 5.41) is 12.6. The molecule has 0 radical (unpaired) electrons. The highest BCUT2D eigenvalue weighted by Crippen LogP contribution is 2.36. The first-order valence-electron chi connectivity index (χ1n) is 8.21. The van der Waals surface area contributed by atoms with Crippen molar-refractivity contribution in [2.75, 3.05) is 24.8 Å². The molecule has 10 heteroatoms. The Morgan fingerprint density at radius 1 is 1.37 bits per heavy atom. The van der Waals surface area contributed by atoms with Gasteiger partial charge in [0.25, 0.3) is 5.91 Å². The van der Waals surface area contributed by atoms with Crippen LogP contribution >= 0.6 is 35.7 Å². The molecule has 2 fully saturated rings. The third-order valence-corrected chi connectivity index (χ3v) is 6.82. The lowest BCUT2D eigenvalue weighted by atomic mass is 10.2. The summed E-state index contributed by atoms with van der Waals surface area (Å²) in [4.78, 5) is 26.6. The fraction of sp³-hybridized carbons (Fsp3) is 0.353. The minimum Gasteiger partial charge on any atom is -0.454 e. The van der Waals surface area contributed by atoms with Crippen molar-refractivity contribution in [2.24, 2.45) is 0 Å². The molecule has 3 aliphatic heterocycles. The predicted octanol–water partition coefficient (Wildman–Crippen LogP) is 1.21. The SMILES string of the molecule is O=C(CN1C(=O)C(=Cc2ccc3c(c2)OCO3)SC1=S)NC1CSCC1O. The third kappa shape index (κ3) is 3.93. The van der Waals surface area contributed by atoms with Crippen LogP contribution in [0.25, 0.3) is 6.08 Å². The van der Waals surface area contributed by atoms with E-state index in [1.54, 1.807) is 30.0 Å². The van der Waals surface area contributed by atoms with Gasteiger partial charge in [-0.3, -0.25) is 14.5 Å². The number of thioether (sulfide) groups is 2. The molecule has 2 unspecified atom stereocenters. The van der Waals surface area contributed by atoms with Crippen LogP contribution in [0, 0.1) is 0 Å². The first-order chi connectivity index (χ1) is 13.0. The van der Waals surface area contributed by atoms with Crippen LogP contribution in [0.1, 0.15) is 5.56 Å². The van der Waals surface area contributed by atoms with Gasteiger partial charge in [-0.1, -0.05) is 30.0 Å². The van der Waals surface area contributed by atoms with Gasteiger partial charge in [-0.2, -0.15) is 11.8 Å². The number of amides is 2. The van der Waals surface area contributed by atoms with Crippen molar-refractivity contribution >= 4 is 58.0 Å². The lowest BCUT2D eigenvalue weighted by Crippen LogP contribution is -2.47. The number of fused-ring (bicyclic) bond motifs is 1. The highest BCUT2D eigenvalue weighted by Gasteiger charge is 2.35. The third-order valence-electron chi connectivity index (χ3n) is 4.27. The number of nitrogens with one attached hydrogen (secondary N) is 1. The molecule has 2 N–H and O–H groups in total. The highest BCUT2D eigenvalue weighted by molar-refractivity contribution is 8.26. The maximum atomic E-state index is 12.7. The zero-order valence-electron chi connectivity index (χ0n) is 14.0. The molecule has 0 saturated carbocycles. The second-order valence-corrected chi connectivity index (χ2v) is 8.91. The van der Waals surface area contributed by atoms with Crippen molar-refractivity contribution in [1.29, 1.82) is 0 Å². The van der Waals surface area contributed by atoms with E-state index in [9.17, 15) is 14.7 Å². The van der Waals surface area contributed by atoms with Crippen LogP contribution in [0.3, 0.4) is 0 Å². The summed E-state index contributed by atoms with van der Waals surface area (Å²) in [6.45, 7) is 0.0290. The Morgan fingerprint density at radius 3 is 2.96 bits per heavy atom. The number of aliphatic hydroxyl groups excluding tert-OH is 1. The van der Waals surface area contributed by atoms with Crippen LogP contribution in [0.5, 0.6) is 11.5 Å². The molecule has 0 aliphatic carbocycles. The van der Waals surface area contributed by atoms with Crippen LogP contribution in [-0.4, -0.2) is 63.1 Å².